The van der Waals surface area contributed by atoms with E-state index in [4.69, 9.17) is 15.2 Å². The first-order valence-corrected chi connectivity index (χ1v) is 4.17. The molecule has 0 saturated heterocycles. The van der Waals surface area contributed by atoms with Crippen molar-refractivity contribution < 1.29 is 14.3 Å². The number of methoxy groups -OCH3 is 2. The molecule has 0 aliphatic rings. The van der Waals surface area contributed by atoms with Gasteiger partial charge >= 0.3 is 6.03 Å². The Balaban J connectivity index is 3.99. The zero-order valence-corrected chi connectivity index (χ0v) is 8.45. The van der Waals surface area contributed by atoms with Crippen molar-refractivity contribution in [2.45, 2.75) is 13.0 Å². The molecule has 1 unspecified atom stereocenters. The number of carbonyl (C=O) groups is 1. The van der Waals surface area contributed by atoms with Crippen LogP contribution in [0.2, 0.25) is 0 Å². The fourth-order valence-corrected chi connectivity index (χ4v) is 1.07. The Kier molecular flexibility index (Phi) is 6.26. The van der Waals surface area contributed by atoms with E-state index in [9.17, 15) is 4.79 Å². The van der Waals surface area contributed by atoms with Crippen LogP contribution in [0, 0.1) is 0 Å². The molecule has 0 aliphatic heterocycles. The van der Waals surface area contributed by atoms with Gasteiger partial charge in [-0.15, -0.1) is 0 Å². The number of hydrogen-bond acceptors (Lipinski definition) is 3. The van der Waals surface area contributed by atoms with Crippen LogP contribution in [0.25, 0.3) is 0 Å². The van der Waals surface area contributed by atoms with Crippen LogP contribution in [0.5, 0.6) is 0 Å². The number of urea groups is 1. The molecule has 0 aliphatic carbocycles. The van der Waals surface area contributed by atoms with Crippen LogP contribution in [-0.2, 0) is 9.47 Å². The Morgan fingerprint density at radius 2 is 2.08 bits per heavy atom. The summed E-state index contributed by atoms with van der Waals surface area (Å²) in [5.74, 6) is 0. The molecule has 1 atom stereocenters. The minimum Gasteiger partial charge on any atom is -0.383 e. The van der Waals surface area contributed by atoms with Gasteiger partial charge in [-0.2, -0.15) is 0 Å². The molecule has 0 spiro atoms. The first kappa shape index (κ1) is 12.2. The van der Waals surface area contributed by atoms with Crippen molar-refractivity contribution in [1.82, 2.24) is 4.90 Å². The van der Waals surface area contributed by atoms with Crippen molar-refractivity contribution in [2.75, 3.05) is 34.0 Å². The van der Waals surface area contributed by atoms with Gasteiger partial charge in [0.25, 0.3) is 0 Å². The van der Waals surface area contributed by atoms with E-state index >= 15 is 0 Å². The monoisotopic (exact) mass is 190 g/mol. The molecule has 2 amide bonds. The van der Waals surface area contributed by atoms with Gasteiger partial charge in [0.05, 0.1) is 19.3 Å². The Morgan fingerprint density at radius 1 is 1.46 bits per heavy atom. The van der Waals surface area contributed by atoms with Gasteiger partial charge in [-0.3, -0.25) is 0 Å². The van der Waals surface area contributed by atoms with E-state index in [1.807, 2.05) is 6.92 Å². The lowest BCUT2D eigenvalue weighted by atomic mass is 10.3. The molecule has 5 heteroatoms. The maximum Gasteiger partial charge on any atom is 0.315 e. The van der Waals surface area contributed by atoms with Gasteiger partial charge in [-0.1, -0.05) is 0 Å². The molecule has 0 radical (unpaired) electrons. The molecule has 0 saturated carbocycles. The van der Waals surface area contributed by atoms with E-state index in [0.717, 1.165) is 0 Å². The van der Waals surface area contributed by atoms with Crippen molar-refractivity contribution in [3.05, 3.63) is 0 Å². The van der Waals surface area contributed by atoms with Crippen LogP contribution in [0.4, 0.5) is 4.79 Å². The standard InChI is InChI=1S/C8H18N2O3/c1-7(6-13-3)10(8(9)11)4-5-12-2/h7H,4-6H2,1-3H3,(H2,9,11). The van der Waals surface area contributed by atoms with Gasteiger partial charge in [-0.05, 0) is 6.92 Å². The first-order chi connectivity index (χ1) is 6.13. The van der Waals surface area contributed by atoms with E-state index in [1.54, 1.807) is 14.2 Å². The quantitative estimate of drug-likeness (QED) is 0.643. The predicted octanol–water partition coefficient (Wildman–Crippen LogP) is 0.0484. The number of nitrogens with zero attached hydrogens (tertiary/aromatic N) is 1. The summed E-state index contributed by atoms with van der Waals surface area (Å²) in [7, 11) is 3.17. The number of amides is 2. The predicted molar refractivity (Wildman–Crippen MR) is 49.5 cm³/mol. The maximum atomic E-state index is 11.0. The highest BCUT2D eigenvalue weighted by atomic mass is 16.5. The molecule has 0 aromatic rings. The van der Waals surface area contributed by atoms with E-state index in [2.05, 4.69) is 0 Å². The normalized spacial score (nSPS) is 12.5. The van der Waals surface area contributed by atoms with Crippen molar-refractivity contribution >= 4 is 6.03 Å². The smallest absolute Gasteiger partial charge is 0.315 e. The molecule has 0 aromatic carbocycles. The van der Waals surface area contributed by atoms with Crippen LogP contribution in [0.1, 0.15) is 6.92 Å². The van der Waals surface area contributed by atoms with E-state index in [-0.39, 0.29) is 6.04 Å². The summed E-state index contributed by atoms with van der Waals surface area (Å²) in [6.45, 7) is 3.34. The lowest BCUT2D eigenvalue weighted by Gasteiger charge is -2.26. The number of ether oxygens (including phenoxy) is 2. The summed E-state index contributed by atoms with van der Waals surface area (Å²) in [4.78, 5) is 12.5. The average molecular weight is 190 g/mol. The van der Waals surface area contributed by atoms with E-state index in [0.29, 0.717) is 19.8 Å². The Morgan fingerprint density at radius 3 is 2.46 bits per heavy atom. The summed E-state index contributed by atoms with van der Waals surface area (Å²) in [6.07, 6.45) is 0. The van der Waals surface area contributed by atoms with Gasteiger partial charge in [-0.25, -0.2) is 4.79 Å². The van der Waals surface area contributed by atoms with Crippen molar-refractivity contribution in [3.63, 3.8) is 0 Å². The van der Waals surface area contributed by atoms with Gasteiger partial charge in [0, 0.05) is 20.8 Å². The first-order valence-electron chi connectivity index (χ1n) is 4.17. The number of carbonyl (C=O) groups excluding carboxylic acids is 1. The molecule has 0 aromatic heterocycles. The SMILES string of the molecule is COCCN(C(N)=O)C(C)COC. The molecule has 5 nitrogen and oxygen atoms in total. The van der Waals surface area contributed by atoms with Crippen LogP contribution >= 0.6 is 0 Å². The molecule has 0 rings (SSSR count). The second-order valence-electron chi connectivity index (χ2n) is 2.83. The lowest BCUT2D eigenvalue weighted by molar-refractivity contribution is 0.0937. The summed E-state index contributed by atoms with van der Waals surface area (Å²) in [5, 5.41) is 0. The Labute approximate surface area is 78.8 Å². The zero-order chi connectivity index (χ0) is 10.3. The summed E-state index contributed by atoms with van der Waals surface area (Å²) < 4.78 is 9.78. The summed E-state index contributed by atoms with van der Waals surface area (Å²) >= 11 is 0. The molecule has 2 N–H and O–H groups in total. The van der Waals surface area contributed by atoms with Crippen LogP contribution in [0.15, 0.2) is 0 Å². The van der Waals surface area contributed by atoms with Crippen LogP contribution in [-0.4, -0.2) is 51.0 Å². The molecule has 0 bridgehead atoms. The van der Waals surface area contributed by atoms with Gasteiger partial charge in [0.15, 0.2) is 0 Å². The molecule has 78 valence electrons. The molecular weight excluding hydrogens is 172 g/mol. The number of primary amides is 1. The topological polar surface area (TPSA) is 64.8 Å². The number of rotatable bonds is 6. The maximum absolute atomic E-state index is 11.0. The van der Waals surface area contributed by atoms with E-state index in [1.165, 1.54) is 4.90 Å². The third-order valence-electron chi connectivity index (χ3n) is 1.76. The average Bonchev–Trinajstić information content (AvgIpc) is 2.05. The van der Waals surface area contributed by atoms with Gasteiger partial charge in [0.1, 0.15) is 0 Å². The largest absolute Gasteiger partial charge is 0.383 e. The van der Waals surface area contributed by atoms with Crippen LogP contribution < -0.4 is 5.73 Å². The fraction of sp³-hybridized carbons (Fsp3) is 0.875. The van der Waals surface area contributed by atoms with Crippen LogP contribution in [0.3, 0.4) is 0 Å². The molecular formula is C8H18N2O3. The van der Waals surface area contributed by atoms with Crippen molar-refractivity contribution in [1.29, 1.82) is 0 Å². The Bertz CT molecular complexity index is 152. The zero-order valence-electron chi connectivity index (χ0n) is 8.45. The Hall–Kier alpha value is -0.810. The number of hydrogen-bond donors (Lipinski definition) is 1. The minimum atomic E-state index is -0.443. The lowest BCUT2D eigenvalue weighted by Crippen LogP contribution is -2.45. The highest BCUT2D eigenvalue weighted by Crippen LogP contribution is 1.98. The van der Waals surface area contributed by atoms with Gasteiger partial charge in [0.2, 0.25) is 0 Å². The molecule has 0 heterocycles. The highest BCUT2D eigenvalue weighted by Gasteiger charge is 2.16. The second-order valence-corrected chi connectivity index (χ2v) is 2.83. The summed E-state index contributed by atoms with van der Waals surface area (Å²) in [6, 6.07) is -0.459. The van der Waals surface area contributed by atoms with E-state index < -0.39 is 6.03 Å². The fourth-order valence-electron chi connectivity index (χ4n) is 1.07. The third kappa shape index (κ3) is 4.69. The summed E-state index contributed by atoms with van der Waals surface area (Å²) in [5.41, 5.74) is 5.18. The third-order valence-corrected chi connectivity index (χ3v) is 1.76. The van der Waals surface area contributed by atoms with Gasteiger partial charge < -0.3 is 20.1 Å². The molecule has 0 fully saturated rings. The minimum absolute atomic E-state index is 0.0161. The highest BCUT2D eigenvalue weighted by molar-refractivity contribution is 5.72. The second kappa shape index (κ2) is 6.68. The molecule has 13 heavy (non-hydrogen) atoms. The van der Waals surface area contributed by atoms with Crippen molar-refractivity contribution in [2.24, 2.45) is 5.73 Å². The number of nitrogens with two attached hydrogens (primary N) is 1. The van der Waals surface area contributed by atoms with Crippen molar-refractivity contribution in [3.8, 4) is 0 Å².